The van der Waals surface area contributed by atoms with Crippen LogP contribution < -0.4 is 0 Å². The molecule has 0 fully saturated rings. The Morgan fingerprint density at radius 3 is 1.92 bits per heavy atom. The molecular weight excluding hydrogens is 518 g/mol. The molecule has 5 aromatic rings. The molecule has 4 aromatic carbocycles. The average Bonchev–Trinajstić information content (AvgIpc) is 3.40. The van der Waals surface area contributed by atoms with Gasteiger partial charge in [0.25, 0.3) is 10.0 Å². The van der Waals surface area contributed by atoms with E-state index in [-0.39, 0.29) is 22.8 Å². The van der Waals surface area contributed by atoms with Gasteiger partial charge in [0.1, 0.15) is 0 Å². The lowest BCUT2D eigenvalue weighted by Gasteiger charge is -2.20. The van der Waals surface area contributed by atoms with Crippen LogP contribution in [0.3, 0.4) is 0 Å². The molecule has 0 N–H and O–H groups in total. The molecule has 194 valence electrons. The van der Waals surface area contributed by atoms with Crippen molar-refractivity contribution in [1.29, 1.82) is 0 Å². The van der Waals surface area contributed by atoms with Gasteiger partial charge in [0.05, 0.1) is 27.2 Å². The molecule has 1 unspecified atom stereocenters. The second-order valence-corrected chi connectivity index (χ2v) is 12.8. The van der Waals surface area contributed by atoms with Crippen molar-refractivity contribution in [1.82, 2.24) is 3.97 Å². The number of ether oxygens (including phenoxy) is 1. The van der Waals surface area contributed by atoms with Gasteiger partial charge >= 0.3 is 0 Å². The van der Waals surface area contributed by atoms with E-state index in [1.54, 1.807) is 72.8 Å². The van der Waals surface area contributed by atoms with E-state index in [2.05, 4.69) is 0 Å². The largest absolute Gasteiger partial charge is 0.377 e. The fourth-order valence-corrected chi connectivity index (χ4v) is 7.75. The summed E-state index contributed by atoms with van der Waals surface area (Å²) in [5, 5.41) is -0.362. The number of nitrogens with zero attached hydrogens (tertiary/aromatic N) is 1. The fourth-order valence-electron chi connectivity index (χ4n) is 4.57. The summed E-state index contributed by atoms with van der Waals surface area (Å²) in [6.07, 6.45) is 1.69. The van der Waals surface area contributed by atoms with E-state index in [1.807, 2.05) is 30.3 Å². The Balaban J connectivity index is 1.53. The van der Waals surface area contributed by atoms with Crippen molar-refractivity contribution in [3.63, 3.8) is 0 Å². The Morgan fingerprint density at radius 2 is 1.26 bits per heavy atom. The molecule has 0 spiro atoms. The van der Waals surface area contributed by atoms with E-state index < -0.39 is 25.1 Å². The van der Waals surface area contributed by atoms with Gasteiger partial charge in [0, 0.05) is 18.2 Å². The SMILES string of the molecule is O=S(=O)(c1ccccc1)C(CCOCc1ccccc1)c1cccc2c1ccn2S(=O)(=O)c1ccccc1. The van der Waals surface area contributed by atoms with Gasteiger partial charge in [-0.15, -0.1) is 0 Å². The molecule has 0 aliphatic heterocycles. The minimum atomic E-state index is -3.86. The molecule has 6 nitrogen and oxygen atoms in total. The Kier molecular flexibility index (Phi) is 7.46. The van der Waals surface area contributed by atoms with E-state index in [9.17, 15) is 16.8 Å². The van der Waals surface area contributed by atoms with Gasteiger partial charge in [0.2, 0.25) is 0 Å². The summed E-state index contributed by atoms with van der Waals surface area (Å²) in [5.41, 5.74) is 1.96. The van der Waals surface area contributed by atoms with Crippen LogP contribution in [0.15, 0.2) is 131 Å². The lowest BCUT2D eigenvalue weighted by Crippen LogP contribution is -2.17. The van der Waals surface area contributed by atoms with Crippen molar-refractivity contribution in [2.45, 2.75) is 28.1 Å². The molecule has 0 aliphatic rings. The Labute approximate surface area is 223 Å². The molecular formula is C30H27NO5S2. The van der Waals surface area contributed by atoms with Crippen molar-refractivity contribution in [3.8, 4) is 0 Å². The highest BCUT2D eigenvalue weighted by Gasteiger charge is 2.31. The third-order valence-electron chi connectivity index (χ3n) is 6.46. The first-order valence-electron chi connectivity index (χ1n) is 12.2. The van der Waals surface area contributed by atoms with E-state index in [1.165, 1.54) is 22.3 Å². The summed E-state index contributed by atoms with van der Waals surface area (Å²) in [6, 6.07) is 33.0. The highest BCUT2D eigenvalue weighted by molar-refractivity contribution is 7.91. The Hall–Kier alpha value is -3.72. The zero-order valence-corrected chi connectivity index (χ0v) is 22.2. The molecule has 0 bridgehead atoms. The second kappa shape index (κ2) is 10.9. The normalized spacial score (nSPS) is 12.9. The molecule has 0 saturated heterocycles. The third-order valence-corrected chi connectivity index (χ3v) is 10.3. The molecule has 8 heteroatoms. The average molecular weight is 546 g/mol. The predicted octanol–water partition coefficient (Wildman–Crippen LogP) is 6.00. The number of aromatic nitrogens is 1. The summed E-state index contributed by atoms with van der Waals surface area (Å²) in [7, 11) is -7.67. The van der Waals surface area contributed by atoms with Gasteiger partial charge in [-0.2, -0.15) is 0 Å². The van der Waals surface area contributed by atoms with Gasteiger partial charge in [-0.1, -0.05) is 78.9 Å². The van der Waals surface area contributed by atoms with Crippen molar-refractivity contribution in [3.05, 3.63) is 133 Å². The van der Waals surface area contributed by atoms with E-state index in [0.717, 1.165) is 5.56 Å². The van der Waals surface area contributed by atoms with Crippen LogP contribution in [0.4, 0.5) is 0 Å². The van der Waals surface area contributed by atoms with Crippen LogP contribution in [-0.2, 0) is 31.2 Å². The molecule has 0 amide bonds. The summed E-state index contributed by atoms with van der Waals surface area (Å²) >= 11 is 0. The van der Waals surface area contributed by atoms with Crippen molar-refractivity contribution < 1.29 is 21.6 Å². The number of sulfone groups is 1. The predicted molar refractivity (Wildman–Crippen MR) is 148 cm³/mol. The van der Waals surface area contributed by atoms with Gasteiger partial charge in [-0.05, 0) is 53.9 Å². The maximum Gasteiger partial charge on any atom is 0.268 e. The van der Waals surface area contributed by atoms with Crippen LogP contribution in [0.25, 0.3) is 10.9 Å². The van der Waals surface area contributed by atoms with Gasteiger partial charge in [-0.25, -0.2) is 20.8 Å². The van der Waals surface area contributed by atoms with Gasteiger partial charge < -0.3 is 4.74 Å². The van der Waals surface area contributed by atoms with Crippen molar-refractivity contribution >= 4 is 30.8 Å². The lowest BCUT2D eigenvalue weighted by molar-refractivity contribution is 0.118. The fraction of sp³-hybridized carbons (Fsp3) is 0.133. The zero-order chi connectivity index (χ0) is 26.6. The van der Waals surface area contributed by atoms with Gasteiger partial charge in [0.15, 0.2) is 9.84 Å². The van der Waals surface area contributed by atoms with Crippen LogP contribution in [0.2, 0.25) is 0 Å². The molecule has 0 saturated carbocycles. The molecule has 0 radical (unpaired) electrons. The van der Waals surface area contributed by atoms with Crippen molar-refractivity contribution in [2.24, 2.45) is 0 Å². The van der Waals surface area contributed by atoms with Crippen molar-refractivity contribution in [2.75, 3.05) is 6.61 Å². The van der Waals surface area contributed by atoms with Crippen LogP contribution in [-0.4, -0.2) is 27.4 Å². The number of hydrogen-bond donors (Lipinski definition) is 0. The number of hydrogen-bond acceptors (Lipinski definition) is 5. The molecule has 1 aromatic heterocycles. The summed E-state index contributed by atoms with van der Waals surface area (Å²) in [5.74, 6) is 0. The number of fused-ring (bicyclic) bond motifs is 1. The minimum Gasteiger partial charge on any atom is -0.377 e. The molecule has 1 heterocycles. The summed E-state index contributed by atoms with van der Waals surface area (Å²) in [6.45, 7) is 0.583. The first-order chi connectivity index (χ1) is 18.4. The van der Waals surface area contributed by atoms with Crippen LogP contribution in [0, 0.1) is 0 Å². The van der Waals surface area contributed by atoms with Crippen LogP contribution >= 0.6 is 0 Å². The number of rotatable bonds is 10. The van der Waals surface area contributed by atoms with E-state index in [4.69, 9.17) is 4.74 Å². The quantitative estimate of drug-likeness (QED) is 0.201. The molecule has 1 atom stereocenters. The Morgan fingerprint density at radius 1 is 0.658 bits per heavy atom. The first-order valence-corrected chi connectivity index (χ1v) is 15.2. The minimum absolute atomic E-state index is 0.158. The second-order valence-electron chi connectivity index (χ2n) is 8.88. The molecule has 5 rings (SSSR count). The number of benzene rings is 4. The highest BCUT2D eigenvalue weighted by Crippen LogP contribution is 2.37. The lowest BCUT2D eigenvalue weighted by atomic mass is 10.1. The summed E-state index contributed by atoms with van der Waals surface area (Å²) in [4.78, 5) is 0.368. The first kappa shape index (κ1) is 25.9. The third kappa shape index (κ3) is 5.15. The van der Waals surface area contributed by atoms with Crippen LogP contribution in [0.1, 0.15) is 22.8 Å². The highest BCUT2D eigenvalue weighted by atomic mass is 32.2. The Bertz CT molecular complexity index is 1730. The van der Waals surface area contributed by atoms with Crippen LogP contribution in [0.5, 0.6) is 0 Å². The maximum absolute atomic E-state index is 13.9. The monoisotopic (exact) mass is 545 g/mol. The maximum atomic E-state index is 13.9. The van der Waals surface area contributed by atoms with Gasteiger partial charge in [-0.3, -0.25) is 0 Å². The standard InChI is InChI=1S/C30H27NO5S2/c32-37(33,25-13-6-2-7-14-25)30(20-22-36-23-24-11-4-1-5-12-24)28-17-10-18-29-27(28)19-21-31(29)38(34,35)26-15-8-3-9-16-26/h1-19,21,30H,20,22-23H2. The smallest absolute Gasteiger partial charge is 0.268 e. The van der Waals surface area contributed by atoms with E-state index in [0.29, 0.717) is 23.1 Å². The molecule has 0 aliphatic carbocycles. The topological polar surface area (TPSA) is 82.4 Å². The van der Waals surface area contributed by atoms with E-state index >= 15 is 0 Å². The summed E-state index contributed by atoms with van der Waals surface area (Å²) < 4.78 is 61.6. The zero-order valence-electron chi connectivity index (χ0n) is 20.6. The molecule has 38 heavy (non-hydrogen) atoms.